The van der Waals surface area contributed by atoms with E-state index >= 15 is 0 Å². The van der Waals surface area contributed by atoms with Gasteiger partial charge in [0.25, 0.3) is 0 Å². The molecule has 0 saturated carbocycles. The van der Waals surface area contributed by atoms with Gasteiger partial charge in [0.15, 0.2) is 0 Å². The zero-order valence-corrected chi connectivity index (χ0v) is 12.3. The van der Waals surface area contributed by atoms with Gasteiger partial charge in [0.2, 0.25) is 10.0 Å². The second-order valence-corrected chi connectivity index (χ2v) is 7.16. The van der Waals surface area contributed by atoms with Gasteiger partial charge in [0.1, 0.15) is 0 Å². The van der Waals surface area contributed by atoms with Gasteiger partial charge < -0.3 is 10.4 Å². The van der Waals surface area contributed by atoms with Gasteiger partial charge in [0, 0.05) is 45.3 Å². The lowest BCUT2D eigenvalue weighted by Crippen LogP contribution is -2.51. The minimum atomic E-state index is -3.07. The summed E-state index contributed by atoms with van der Waals surface area (Å²) in [6, 6.07) is 0.363. The van der Waals surface area contributed by atoms with Gasteiger partial charge in [0.05, 0.1) is 12.4 Å². The van der Waals surface area contributed by atoms with Crippen molar-refractivity contribution in [2.45, 2.75) is 26.0 Å². The number of nitrogens with zero attached hydrogens (tertiary/aromatic N) is 2. The standard InChI is InChI=1S/C11H25N3O3S/c1-10(2)12-8-11(15)9-13-4-6-14(7-5-13)18(3,16)17/h10-12,15H,4-9H2,1-3H3. The predicted octanol–water partition coefficient (Wildman–Crippen LogP) is -1.08. The first-order valence-corrected chi connectivity index (χ1v) is 8.23. The maximum absolute atomic E-state index is 11.3. The van der Waals surface area contributed by atoms with Gasteiger partial charge in [-0.1, -0.05) is 13.8 Å². The summed E-state index contributed by atoms with van der Waals surface area (Å²) in [5.74, 6) is 0. The van der Waals surface area contributed by atoms with E-state index in [0.717, 1.165) is 0 Å². The topological polar surface area (TPSA) is 72.9 Å². The Bertz CT molecular complexity index is 337. The van der Waals surface area contributed by atoms with Crippen LogP contribution in [-0.4, -0.2) is 80.4 Å². The number of hydrogen-bond donors (Lipinski definition) is 2. The molecule has 0 bridgehead atoms. The molecule has 108 valence electrons. The second-order valence-electron chi connectivity index (χ2n) is 5.18. The van der Waals surface area contributed by atoms with Crippen LogP contribution in [0.25, 0.3) is 0 Å². The smallest absolute Gasteiger partial charge is 0.211 e. The molecule has 1 saturated heterocycles. The molecule has 0 amide bonds. The molecule has 0 spiro atoms. The molecule has 1 rings (SSSR count). The number of aliphatic hydroxyl groups is 1. The Balaban J connectivity index is 2.27. The normalized spacial score (nSPS) is 21.4. The lowest BCUT2D eigenvalue weighted by atomic mass is 10.2. The summed E-state index contributed by atoms with van der Waals surface area (Å²) in [6.45, 7) is 7.65. The fourth-order valence-electron chi connectivity index (χ4n) is 1.98. The van der Waals surface area contributed by atoms with Crippen molar-refractivity contribution >= 4 is 10.0 Å². The minimum absolute atomic E-state index is 0.363. The third kappa shape index (κ3) is 5.62. The molecule has 1 aliphatic heterocycles. The van der Waals surface area contributed by atoms with Crippen LogP contribution in [-0.2, 0) is 10.0 Å². The molecule has 0 aromatic heterocycles. The summed E-state index contributed by atoms with van der Waals surface area (Å²) in [4.78, 5) is 2.11. The third-order valence-electron chi connectivity index (χ3n) is 3.03. The maximum Gasteiger partial charge on any atom is 0.211 e. The maximum atomic E-state index is 11.3. The summed E-state index contributed by atoms with van der Waals surface area (Å²) in [6.07, 6.45) is 0.835. The largest absolute Gasteiger partial charge is 0.390 e. The molecule has 7 heteroatoms. The van der Waals surface area contributed by atoms with Gasteiger partial charge in [-0.25, -0.2) is 8.42 Å². The van der Waals surface area contributed by atoms with Crippen LogP contribution >= 0.6 is 0 Å². The monoisotopic (exact) mass is 279 g/mol. The number of β-amino-alcohol motifs (C(OH)–C–C–N with tert-alkyl or cyclic N) is 1. The SMILES string of the molecule is CC(C)NCC(O)CN1CCN(S(C)(=O)=O)CC1. The highest BCUT2D eigenvalue weighted by molar-refractivity contribution is 7.88. The van der Waals surface area contributed by atoms with Gasteiger partial charge in [-0.3, -0.25) is 4.90 Å². The molecular formula is C11H25N3O3S. The van der Waals surface area contributed by atoms with Crippen LogP contribution in [0, 0.1) is 0 Å². The lowest BCUT2D eigenvalue weighted by molar-refractivity contribution is 0.0902. The summed E-state index contributed by atoms with van der Waals surface area (Å²) >= 11 is 0. The number of aliphatic hydroxyl groups excluding tert-OH is 1. The molecule has 1 fully saturated rings. The van der Waals surface area contributed by atoms with Crippen molar-refractivity contribution in [1.29, 1.82) is 0 Å². The minimum Gasteiger partial charge on any atom is -0.390 e. The number of sulfonamides is 1. The molecule has 6 nitrogen and oxygen atoms in total. The first-order valence-electron chi connectivity index (χ1n) is 6.38. The summed E-state index contributed by atoms with van der Waals surface area (Å²) < 4.78 is 24.2. The van der Waals surface area contributed by atoms with Crippen LogP contribution in [0.4, 0.5) is 0 Å². The number of hydrogen-bond acceptors (Lipinski definition) is 5. The molecule has 0 aliphatic carbocycles. The van der Waals surface area contributed by atoms with Gasteiger partial charge in [-0.2, -0.15) is 4.31 Å². The highest BCUT2D eigenvalue weighted by Gasteiger charge is 2.24. The zero-order chi connectivity index (χ0) is 13.8. The van der Waals surface area contributed by atoms with Crippen LogP contribution in [0.1, 0.15) is 13.8 Å². The molecule has 18 heavy (non-hydrogen) atoms. The Morgan fingerprint density at radius 2 is 1.78 bits per heavy atom. The van der Waals surface area contributed by atoms with Crippen molar-refractivity contribution in [3.8, 4) is 0 Å². The second kappa shape index (κ2) is 6.81. The van der Waals surface area contributed by atoms with Crippen LogP contribution in [0.2, 0.25) is 0 Å². The van der Waals surface area contributed by atoms with E-state index in [4.69, 9.17) is 0 Å². The molecule has 0 aromatic carbocycles. The van der Waals surface area contributed by atoms with E-state index in [9.17, 15) is 13.5 Å². The van der Waals surface area contributed by atoms with Crippen LogP contribution in [0.15, 0.2) is 0 Å². The van der Waals surface area contributed by atoms with Crippen LogP contribution in [0.5, 0.6) is 0 Å². The Morgan fingerprint density at radius 3 is 2.22 bits per heavy atom. The van der Waals surface area contributed by atoms with Crippen molar-refractivity contribution in [1.82, 2.24) is 14.5 Å². The molecule has 0 aromatic rings. The average Bonchev–Trinajstić information content (AvgIpc) is 2.26. The first kappa shape index (κ1) is 15.8. The highest BCUT2D eigenvalue weighted by atomic mass is 32.2. The zero-order valence-electron chi connectivity index (χ0n) is 11.5. The van der Waals surface area contributed by atoms with E-state index in [1.165, 1.54) is 10.6 Å². The first-order chi connectivity index (χ1) is 8.29. The fraction of sp³-hybridized carbons (Fsp3) is 1.00. The van der Waals surface area contributed by atoms with Crippen molar-refractivity contribution in [2.24, 2.45) is 0 Å². The molecular weight excluding hydrogens is 254 g/mol. The van der Waals surface area contributed by atoms with E-state index < -0.39 is 16.1 Å². The van der Waals surface area contributed by atoms with Gasteiger partial charge >= 0.3 is 0 Å². The number of piperazine rings is 1. The quantitative estimate of drug-likeness (QED) is 0.647. The summed E-state index contributed by atoms with van der Waals surface area (Å²) in [5.41, 5.74) is 0. The molecule has 0 radical (unpaired) electrons. The molecule has 1 heterocycles. The predicted molar refractivity (Wildman–Crippen MR) is 72.0 cm³/mol. The highest BCUT2D eigenvalue weighted by Crippen LogP contribution is 2.06. The Morgan fingerprint density at radius 1 is 1.22 bits per heavy atom. The lowest BCUT2D eigenvalue weighted by Gasteiger charge is -2.34. The van der Waals surface area contributed by atoms with E-state index in [0.29, 0.717) is 45.3 Å². The van der Waals surface area contributed by atoms with Crippen molar-refractivity contribution in [3.63, 3.8) is 0 Å². The molecule has 1 unspecified atom stereocenters. The Hall–Kier alpha value is -0.210. The molecule has 2 N–H and O–H groups in total. The van der Waals surface area contributed by atoms with E-state index in [1.807, 2.05) is 13.8 Å². The van der Waals surface area contributed by atoms with E-state index in [-0.39, 0.29) is 0 Å². The van der Waals surface area contributed by atoms with Crippen molar-refractivity contribution in [2.75, 3.05) is 45.5 Å². The van der Waals surface area contributed by atoms with E-state index in [2.05, 4.69) is 10.2 Å². The summed E-state index contributed by atoms with van der Waals surface area (Å²) in [5, 5.41) is 13.0. The van der Waals surface area contributed by atoms with Crippen molar-refractivity contribution < 1.29 is 13.5 Å². The van der Waals surface area contributed by atoms with Crippen LogP contribution in [0.3, 0.4) is 0 Å². The molecule has 1 aliphatic rings. The Kier molecular flexibility index (Phi) is 6.00. The van der Waals surface area contributed by atoms with Gasteiger partial charge in [-0.05, 0) is 0 Å². The number of nitrogens with one attached hydrogen (secondary N) is 1. The summed E-state index contributed by atoms with van der Waals surface area (Å²) in [7, 11) is -3.07. The Labute approximate surface area is 110 Å². The van der Waals surface area contributed by atoms with Gasteiger partial charge in [-0.15, -0.1) is 0 Å². The average molecular weight is 279 g/mol. The number of rotatable bonds is 6. The third-order valence-corrected chi connectivity index (χ3v) is 4.33. The van der Waals surface area contributed by atoms with Crippen LogP contribution < -0.4 is 5.32 Å². The molecule has 1 atom stereocenters. The fourth-order valence-corrected chi connectivity index (χ4v) is 2.80. The van der Waals surface area contributed by atoms with E-state index in [1.54, 1.807) is 0 Å². The van der Waals surface area contributed by atoms with Crippen molar-refractivity contribution in [3.05, 3.63) is 0 Å².